The molecular formula is C12H14N2O3. The number of carbonyl (C=O) groups is 1. The fourth-order valence-corrected chi connectivity index (χ4v) is 1.74. The van der Waals surface area contributed by atoms with Crippen molar-refractivity contribution in [1.29, 1.82) is 0 Å². The van der Waals surface area contributed by atoms with E-state index >= 15 is 0 Å². The Balaban J connectivity index is 2.52. The molecule has 2 aromatic rings. The first-order chi connectivity index (χ1) is 8.13. The lowest BCUT2D eigenvalue weighted by Crippen LogP contribution is -2.16. The van der Waals surface area contributed by atoms with Crippen LogP contribution in [0.3, 0.4) is 0 Å². The lowest BCUT2D eigenvalue weighted by atomic mass is 10.2. The number of carboxylic acid groups (broad SMARTS) is 1. The number of carboxylic acids is 1. The van der Waals surface area contributed by atoms with Crippen molar-refractivity contribution in [3.05, 3.63) is 30.0 Å². The summed E-state index contributed by atoms with van der Waals surface area (Å²) in [5.74, 6) is -1.01. The highest BCUT2D eigenvalue weighted by Crippen LogP contribution is 2.18. The lowest BCUT2D eigenvalue weighted by molar-refractivity contribution is 0.0688. The monoisotopic (exact) mass is 234 g/mol. The van der Waals surface area contributed by atoms with E-state index in [9.17, 15) is 4.79 Å². The summed E-state index contributed by atoms with van der Waals surface area (Å²) in [7, 11) is 1.62. The molecule has 1 aromatic heterocycles. The maximum atomic E-state index is 11.1. The Morgan fingerprint density at radius 1 is 1.53 bits per heavy atom. The van der Waals surface area contributed by atoms with Gasteiger partial charge >= 0.3 is 5.97 Å². The summed E-state index contributed by atoms with van der Waals surface area (Å²) in [6.07, 6.45) is -0.0139. The van der Waals surface area contributed by atoms with Gasteiger partial charge in [-0.3, -0.25) is 4.68 Å². The van der Waals surface area contributed by atoms with E-state index in [0.29, 0.717) is 11.9 Å². The Kier molecular flexibility index (Phi) is 3.10. The first kappa shape index (κ1) is 11.6. The molecule has 2 rings (SSSR count). The molecular weight excluding hydrogens is 220 g/mol. The summed E-state index contributed by atoms with van der Waals surface area (Å²) in [4.78, 5) is 11.1. The molecule has 1 heterocycles. The number of aromatic nitrogens is 2. The van der Waals surface area contributed by atoms with E-state index in [0.717, 1.165) is 5.52 Å². The van der Waals surface area contributed by atoms with Crippen LogP contribution in [0, 0.1) is 0 Å². The third-order valence-corrected chi connectivity index (χ3v) is 2.69. The number of ether oxygens (including phenoxy) is 1. The van der Waals surface area contributed by atoms with Crippen molar-refractivity contribution in [1.82, 2.24) is 9.78 Å². The van der Waals surface area contributed by atoms with Crippen molar-refractivity contribution in [2.45, 2.75) is 19.6 Å². The third-order valence-electron chi connectivity index (χ3n) is 2.69. The number of para-hydroxylation sites is 1. The zero-order chi connectivity index (χ0) is 12.4. The highest BCUT2D eigenvalue weighted by atomic mass is 16.5. The van der Waals surface area contributed by atoms with E-state index in [-0.39, 0.29) is 11.8 Å². The van der Waals surface area contributed by atoms with Gasteiger partial charge in [0, 0.05) is 12.5 Å². The van der Waals surface area contributed by atoms with Crippen molar-refractivity contribution in [3.8, 4) is 0 Å². The number of hydrogen-bond donors (Lipinski definition) is 1. The van der Waals surface area contributed by atoms with Gasteiger partial charge in [0.25, 0.3) is 0 Å². The minimum Gasteiger partial charge on any atom is -0.476 e. The van der Waals surface area contributed by atoms with Crippen LogP contribution in [0.4, 0.5) is 0 Å². The minimum absolute atomic E-state index is 0.0139. The van der Waals surface area contributed by atoms with Crippen molar-refractivity contribution in [3.63, 3.8) is 0 Å². The van der Waals surface area contributed by atoms with Gasteiger partial charge in [-0.1, -0.05) is 18.2 Å². The predicted molar refractivity (Wildman–Crippen MR) is 63.2 cm³/mol. The molecule has 90 valence electrons. The van der Waals surface area contributed by atoms with Gasteiger partial charge in [0.2, 0.25) is 0 Å². The number of methoxy groups -OCH3 is 1. The topological polar surface area (TPSA) is 64.4 Å². The molecule has 17 heavy (non-hydrogen) atoms. The van der Waals surface area contributed by atoms with Gasteiger partial charge in [0.05, 0.1) is 18.2 Å². The second-order valence-electron chi connectivity index (χ2n) is 3.90. The number of rotatable bonds is 4. The van der Waals surface area contributed by atoms with Crippen LogP contribution in [0.15, 0.2) is 24.3 Å². The molecule has 1 aromatic carbocycles. The maximum absolute atomic E-state index is 11.1. The molecule has 1 atom stereocenters. The molecule has 0 aliphatic heterocycles. The van der Waals surface area contributed by atoms with Gasteiger partial charge in [-0.2, -0.15) is 5.10 Å². The lowest BCUT2D eigenvalue weighted by Gasteiger charge is -2.09. The number of aromatic carboxylic acids is 1. The van der Waals surface area contributed by atoms with E-state index in [1.165, 1.54) is 0 Å². The van der Waals surface area contributed by atoms with E-state index in [4.69, 9.17) is 9.84 Å². The molecule has 0 saturated heterocycles. The fraction of sp³-hybridized carbons (Fsp3) is 0.333. The van der Waals surface area contributed by atoms with Crippen molar-refractivity contribution in [2.75, 3.05) is 7.11 Å². The van der Waals surface area contributed by atoms with Crippen molar-refractivity contribution < 1.29 is 14.6 Å². The normalized spacial score (nSPS) is 12.8. The SMILES string of the molecule is COC(C)Cn1nc(C(=O)O)c2ccccc21. The standard InChI is InChI=1S/C12H14N2O3/c1-8(17-2)7-14-10-6-4-3-5-9(10)11(13-14)12(15)16/h3-6,8H,7H2,1-2H3,(H,15,16). The van der Waals surface area contributed by atoms with Gasteiger partial charge in [-0.05, 0) is 13.0 Å². The van der Waals surface area contributed by atoms with Crippen LogP contribution < -0.4 is 0 Å². The van der Waals surface area contributed by atoms with Crippen LogP contribution >= 0.6 is 0 Å². The zero-order valence-electron chi connectivity index (χ0n) is 9.75. The second kappa shape index (κ2) is 4.55. The molecule has 5 heteroatoms. The molecule has 5 nitrogen and oxygen atoms in total. The molecule has 0 aliphatic carbocycles. The molecule has 1 unspecified atom stereocenters. The Bertz CT molecular complexity index is 548. The fourth-order valence-electron chi connectivity index (χ4n) is 1.74. The van der Waals surface area contributed by atoms with Crippen LogP contribution in [0.5, 0.6) is 0 Å². The molecule has 0 saturated carbocycles. The molecule has 0 amide bonds. The molecule has 0 fully saturated rings. The molecule has 0 radical (unpaired) electrons. The number of fused-ring (bicyclic) bond motifs is 1. The highest BCUT2D eigenvalue weighted by Gasteiger charge is 2.16. The van der Waals surface area contributed by atoms with Crippen LogP contribution in [0.2, 0.25) is 0 Å². The van der Waals surface area contributed by atoms with Gasteiger partial charge in [-0.15, -0.1) is 0 Å². The van der Waals surface area contributed by atoms with Crippen molar-refractivity contribution in [2.24, 2.45) is 0 Å². The summed E-state index contributed by atoms with van der Waals surface area (Å²) < 4.78 is 6.84. The Morgan fingerprint density at radius 2 is 2.24 bits per heavy atom. The average Bonchev–Trinajstić information content (AvgIpc) is 2.68. The van der Waals surface area contributed by atoms with Gasteiger partial charge in [-0.25, -0.2) is 4.79 Å². The van der Waals surface area contributed by atoms with E-state index in [2.05, 4.69) is 5.10 Å². The summed E-state index contributed by atoms with van der Waals surface area (Å²) in [6.45, 7) is 2.45. The van der Waals surface area contributed by atoms with Crippen molar-refractivity contribution >= 4 is 16.9 Å². The Labute approximate surface area is 98.6 Å². The summed E-state index contributed by atoms with van der Waals surface area (Å²) in [5.41, 5.74) is 0.901. The first-order valence-corrected chi connectivity index (χ1v) is 5.35. The van der Waals surface area contributed by atoms with E-state index in [1.807, 2.05) is 19.1 Å². The van der Waals surface area contributed by atoms with E-state index in [1.54, 1.807) is 23.9 Å². The number of benzene rings is 1. The molecule has 0 aliphatic rings. The van der Waals surface area contributed by atoms with Crippen LogP contribution in [0.25, 0.3) is 10.9 Å². The largest absolute Gasteiger partial charge is 0.476 e. The van der Waals surface area contributed by atoms with Crippen LogP contribution in [-0.2, 0) is 11.3 Å². The Morgan fingerprint density at radius 3 is 2.88 bits per heavy atom. The third kappa shape index (κ3) is 2.14. The summed E-state index contributed by atoms with van der Waals surface area (Å²) >= 11 is 0. The minimum atomic E-state index is -1.01. The second-order valence-corrected chi connectivity index (χ2v) is 3.90. The predicted octanol–water partition coefficient (Wildman–Crippen LogP) is 1.77. The summed E-state index contributed by atoms with van der Waals surface area (Å²) in [6, 6.07) is 7.29. The molecule has 0 spiro atoms. The number of hydrogen-bond acceptors (Lipinski definition) is 3. The smallest absolute Gasteiger partial charge is 0.357 e. The van der Waals surface area contributed by atoms with Crippen LogP contribution in [-0.4, -0.2) is 34.1 Å². The summed E-state index contributed by atoms with van der Waals surface area (Å²) in [5, 5.41) is 13.9. The Hall–Kier alpha value is -1.88. The average molecular weight is 234 g/mol. The molecule has 0 bridgehead atoms. The highest BCUT2D eigenvalue weighted by molar-refractivity contribution is 6.01. The van der Waals surface area contributed by atoms with Crippen LogP contribution in [0.1, 0.15) is 17.4 Å². The van der Waals surface area contributed by atoms with Gasteiger partial charge in [0.1, 0.15) is 0 Å². The van der Waals surface area contributed by atoms with E-state index < -0.39 is 5.97 Å². The molecule has 1 N–H and O–H groups in total. The zero-order valence-corrected chi connectivity index (χ0v) is 9.75. The first-order valence-electron chi connectivity index (χ1n) is 5.35. The van der Waals surface area contributed by atoms with Gasteiger partial charge < -0.3 is 9.84 Å². The maximum Gasteiger partial charge on any atom is 0.357 e. The quantitative estimate of drug-likeness (QED) is 0.875. The van der Waals surface area contributed by atoms with Gasteiger partial charge in [0.15, 0.2) is 5.69 Å². The number of nitrogens with zero attached hydrogens (tertiary/aromatic N) is 2.